The summed E-state index contributed by atoms with van der Waals surface area (Å²) in [6.45, 7) is 6.43. The number of carbonyl (C=O) groups is 1. The summed E-state index contributed by atoms with van der Waals surface area (Å²) < 4.78 is 28.1. The number of hydrogen-bond donors (Lipinski definition) is 3. The van der Waals surface area contributed by atoms with Crippen LogP contribution in [0.1, 0.15) is 22.3 Å². The molecule has 2 aromatic rings. The first kappa shape index (κ1) is 20.7. The second kappa shape index (κ2) is 8.88. The van der Waals surface area contributed by atoms with Crippen LogP contribution in [0, 0.1) is 20.8 Å². The molecule has 0 aromatic heterocycles. The Kier molecular flexibility index (Phi) is 6.81. The van der Waals surface area contributed by atoms with Crippen LogP contribution in [0.15, 0.2) is 41.3 Å². The molecule has 0 fully saturated rings. The number of amides is 2. The molecule has 7 nitrogen and oxygen atoms in total. The summed E-state index contributed by atoms with van der Waals surface area (Å²) in [5, 5.41) is 10.4. The number of hydrogen-bond acceptors (Lipinski definition) is 4. The molecule has 0 atom stereocenters. The SMILES string of the molecule is Cc1ccc(C)c(OCNC(=O)NCCc2ccc(S(N)(=O)=O)cc2)c1C. The van der Waals surface area contributed by atoms with E-state index in [1.54, 1.807) is 12.1 Å². The first-order valence-electron chi connectivity index (χ1n) is 8.51. The monoisotopic (exact) mass is 391 g/mol. The topological polar surface area (TPSA) is 111 Å². The molecular weight excluding hydrogens is 366 g/mol. The molecule has 0 heterocycles. The number of nitrogens with two attached hydrogens (primary N) is 1. The number of carbonyl (C=O) groups excluding carboxylic acids is 1. The Bertz CT molecular complexity index is 909. The zero-order valence-electron chi connectivity index (χ0n) is 15.7. The fourth-order valence-corrected chi connectivity index (χ4v) is 3.07. The van der Waals surface area contributed by atoms with Gasteiger partial charge in [-0.05, 0) is 61.6 Å². The summed E-state index contributed by atoms with van der Waals surface area (Å²) in [7, 11) is -3.69. The molecule has 0 saturated heterocycles. The highest BCUT2D eigenvalue weighted by Gasteiger charge is 2.08. The van der Waals surface area contributed by atoms with Gasteiger partial charge in [-0.25, -0.2) is 18.4 Å². The van der Waals surface area contributed by atoms with Crippen molar-refractivity contribution in [1.29, 1.82) is 0 Å². The number of ether oxygens (including phenoxy) is 1. The van der Waals surface area contributed by atoms with Crippen molar-refractivity contribution in [3.8, 4) is 5.75 Å². The molecule has 146 valence electrons. The standard InChI is InChI=1S/C19H25N3O4S/c1-13-4-5-14(2)18(15(13)3)26-12-22-19(23)21-11-10-16-6-8-17(9-7-16)27(20,24)25/h4-9H,10-12H2,1-3H3,(H2,20,24,25)(H2,21,22,23). The van der Waals surface area contributed by atoms with E-state index in [0.717, 1.165) is 28.0 Å². The number of aryl methyl sites for hydroxylation is 2. The van der Waals surface area contributed by atoms with Gasteiger partial charge in [-0.1, -0.05) is 24.3 Å². The number of sulfonamides is 1. The molecule has 2 aromatic carbocycles. The lowest BCUT2D eigenvalue weighted by Gasteiger charge is -2.14. The minimum absolute atomic E-state index is 0.0656. The first-order chi connectivity index (χ1) is 12.7. The zero-order chi connectivity index (χ0) is 20.0. The Labute approximate surface area is 160 Å². The predicted molar refractivity (Wildman–Crippen MR) is 104 cm³/mol. The third-order valence-electron chi connectivity index (χ3n) is 4.27. The lowest BCUT2D eigenvalue weighted by Crippen LogP contribution is -2.38. The van der Waals surface area contributed by atoms with Crippen LogP contribution in [0.2, 0.25) is 0 Å². The molecule has 0 radical (unpaired) electrons. The molecule has 0 spiro atoms. The largest absolute Gasteiger partial charge is 0.473 e. The van der Waals surface area contributed by atoms with Crippen LogP contribution >= 0.6 is 0 Å². The molecule has 4 N–H and O–H groups in total. The van der Waals surface area contributed by atoms with Gasteiger partial charge in [0.25, 0.3) is 0 Å². The van der Waals surface area contributed by atoms with Crippen molar-refractivity contribution in [2.75, 3.05) is 13.3 Å². The number of benzene rings is 2. The molecule has 0 aliphatic rings. The Morgan fingerprint density at radius 1 is 1.00 bits per heavy atom. The van der Waals surface area contributed by atoms with E-state index in [-0.39, 0.29) is 17.7 Å². The molecule has 8 heteroatoms. The van der Waals surface area contributed by atoms with E-state index in [1.165, 1.54) is 12.1 Å². The summed E-state index contributed by atoms with van der Waals surface area (Å²) in [4.78, 5) is 11.9. The number of nitrogens with one attached hydrogen (secondary N) is 2. The van der Waals surface area contributed by atoms with E-state index in [9.17, 15) is 13.2 Å². The van der Waals surface area contributed by atoms with Gasteiger partial charge >= 0.3 is 6.03 Å². The normalized spacial score (nSPS) is 11.1. The van der Waals surface area contributed by atoms with Crippen molar-refractivity contribution >= 4 is 16.1 Å². The van der Waals surface area contributed by atoms with Crippen molar-refractivity contribution in [2.24, 2.45) is 5.14 Å². The van der Waals surface area contributed by atoms with E-state index in [0.29, 0.717) is 13.0 Å². The minimum Gasteiger partial charge on any atom is -0.473 e. The number of rotatable bonds is 7. The van der Waals surface area contributed by atoms with Crippen molar-refractivity contribution in [3.63, 3.8) is 0 Å². The second-order valence-electron chi connectivity index (χ2n) is 6.31. The van der Waals surface area contributed by atoms with Gasteiger partial charge < -0.3 is 15.4 Å². The zero-order valence-corrected chi connectivity index (χ0v) is 16.5. The number of urea groups is 1. The Morgan fingerprint density at radius 2 is 1.63 bits per heavy atom. The van der Waals surface area contributed by atoms with E-state index >= 15 is 0 Å². The molecule has 0 unspecified atom stereocenters. The van der Waals surface area contributed by atoms with E-state index in [2.05, 4.69) is 10.6 Å². The van der Waals surface area contributed by atoms with E-state index < -0.39 is 10.0 Å². The maximum Gasteiger partial charge on any atom is 0.317 e. The average Bonchev–Trinajstić information content (AvgIpc) is 2.61. The third-order valence-corrected chi connectivity index (χ3v) is 5.20. The quantitative estimate of drug-likeness (QED) is 0.628. The first-order valence-corrected chi connectivity index (χ1v) is 10.1. The second-order valence-corrected chi connectivity index (χ2v) is 7.88. The van der Waals surface area contributed by atoms with Gasteiger partial charge in [0.15, 0.2) is 6.73 Å². The molecular formula is C19H25N3O4S. The average molecular weight is 391 g/mol. The molecule has 0 saturated carbocycles. The van der Waals surface area contributed by atoms with Gasteiger partial charge in [-0.15, -0.1) is 0 Å². The van der Waals surface area contributed by atoms with Gasteiger partial charge in [0.1, 0.15) is 5.75 Å². The molecule has 0 aliphatic heterocycles. The lowest BCUT2D eigenvalue weighted by molar-refractivity contribution is 0.223. The summed E-state index contributed by atoms with van der Waals surface area (Å²) in [5.41, 5.74) is 4.10. The van der Waals surface area contributed by atoms with Crippen LogP contribution in [0.3, 0.4) is 0 Å². The molecule has 2 rings (SSSR count). The van der Waals surface area contributed by atoms with Crippen molar-refractivity contribution in [3.05, 3.63) is 58.7 Å². The van der Waals surface area contributed by atoms with Gasteiger partial charge in [-0.3, -0.25) is 0 Å². The summed E-state index contributed by atoms with van der Waals surface area (Å²) in [5.74, 6) is 0.783. The molecule has 2 amide bonds. The maximum absolute atomic E-state index is 11.8. The lowest BCUT2D eigenvalue weighted by atomic mass is 10.1. The third kappa shape index (κ3) is 5.97. The van der Waals surface area contributed by atoms with Crippen molar-refractivity contribution in [1.82, 2.24) is 10.6 Å². The van der Waals surface area contributed by atoms with Crippen molar-refractivity contribution in [2.45, 2.75) is 32.1 Å². The van der Waals surface area contributed by atoms with Crippen LogP contribution < -0.4 is 20.5 Å². The van der Waals surface area contributed by atoms with Gasteiger partial charge in [0, 0.05) is 6.54 Å². The highest BCUT2D eigenvalue weighted by atomic mass is 32.2. The van der Waals surface area contributed by atoms with Crippen molar-refractivity contribution < 1.29 is 17.9 Å². The molecule has 0 aliphatic carbocycles. The van der Waals surface area contributed by atoms with E-state index in [1.807, 2.05) is 32.9 Å². The minimum atomic E-state index is -3.69. The molecule has 0 bridgehead atoms. The highest BCUT2D eigenvalue weighted by molar-refractivity contribution is 7.89. The van der Waals surface area contributed by atoms with E-state index in [4.69, 9.17) is 9.88 Å². The summed E-state index contributed by atoms with van der Waals surface area (Å²) in [6.07, 6.45) is 0.565. The Balaban J connectivity index is 1.75. The van der Waals surface area contributed by atoms with Crippen LogP contribution in [0.5, 0.6) is 5.75 Å². The summed E-state index contributed by atoms with van der Waals surface area (Å²) >= 11 is 0. The van der Waals surface area contributed by atoms with Gasteiger partial charge in [-0.2, -0.15) is 0 Å². The smallest absolute Gasteiger partial charge is 0.317 e. The molecule has 27 heavy (non-hydrogen) atoms. The fourth-order valence-electron chi connectivity index (χ4n) is 2.55. The van der Waals surface area contributed by atoms with Gasteiger partial charge in [0.05, 0.1) is 4.90 Å². The Morgan fingerprint density at radius 3 is 2.26 bits per heavy atom. The number of primary sulfonamides is 1. The predicted octanol–water partition coefficient (Wildman–Crippen LogP) is 2.14. The maximum atomic E-state index is 11.8. The van der Waals surface area contributed by atoms with Gasteiger partial charge in [0.2, 0.25) is 10.0 Å². The highest BCUT2D eigenvalue weighted by Crippen LogP contribution is 2.25. The van der Waals surface area contributed by atoms with Crippen LogP contribution in [0.4, 0.5) is 4.79 Å². The summed E-state index contributed by atoms with van der Waals surface area (Å²) in [6, 6.07) is 9.93. The van der Waals surface area contributed by atoms with Crippen LogP contribution in [-0.2, 0) is 16.4 Å². The fraction of sp³-hybridized carbons (Fsp3) is 0.316. The van der Waals surface area contributed by atoms with Crippen LogP contribution in [-0.4, -0.2) is 27.7 Å². The Hall–Kier alpha value is -2.58. The van der Waals surface area contributed by atoms with Crippen LogP contribution in [0.25, 0.3) is 0 Å².